The van der Waals surface area contributed by atoms with Gasteiger partial charge in [0.05, 0.1) is 12.7 Å². The lowest BCUT2D eigenvalue weighted by atomic mass is 9.73. The van der Waals surface area contributed by atoms with E-state index in [1.54, 1.807) is 12.1 Å². The van der Waals surface area contributed by atoms with Gasteiger partial charge >= 0.3 is 0 Å². The fourth-order valence-corrected chi connectivity index (χ4v) is 3.03. The van der Waals surface area contributed by atoms with Crippen LogP contribution in [0.5, 0.6) is 11.5 Å². The standard InChI is InChI=1S/C17H27NO3/c1-3-21-14-7-8-15(19)13(10-14)11-18-12-17(2)9-5-4-6-16(17)20/h7-8,10,16,18-20H,3-6,9,11-12H2,1-2H3. The van der Waals surface area contributed by atoms with Crippen molar-refractivity contribution >= 4 is 0 Å². The maximum Gasteiger partial charge on any atom is 0.120 e. The number of aliphatic hydroxyl groups is 1. The van der Waals surface area contributed by atoms with E-state index in [0.717, 1.165) is 37.1 Å². The second-order valence-electron chi connectivity index (χ2n) is 6.24. The molecule has 1 aliphatic carbocycles. The Morgan fingerprint density at radius 1 is 1.38 bits per heavy atom. The number of aliphatic hydroxyl groups excluding tert-OH is 1. The molecule has 1 aromatic carbocycles. The summed E-state index contributed by atoms with van der Waals surface area (Å²) in [4.78, 5) is 0. The molecule has 0 aliphatic heterocycles. The van der Waals surface area contributed by atoms with Crippen molar-refractivity contribution in [3.8, 4) is 11.5 Å². The Morgan fingerprint density at radius 3 is 2.90 bits per heavy atom. The largest absolute Gasteiger partial charge is 0.508 e. The molecule has 0 aromatic heterocycles. The molecule has 0 bridgehead atoms. The van der Waals surface area contributed by atoms with E-state index >= 15 is 0 Å². The number of aromatic hydroxyl groups is 1. The molecule has 4 nitrogen and oxygen atoms in total. The van der Waals surface area contributed by atoms with Crippen molar-refractivity contribution in [1.29, 1.82) is 0 Å². The molecule has 1 saturated carbocycles. The molecule has 21 heavy (non-hydrogen) atoms. The van der Waals surface area contributed by atoms with Gasteiger partial charge in [-0.1, -0.05) is 19.8 Å². The van der Waals surface area contributed by atoms with Crippen LogP contribution in [0.2, 0.25) is 0 Å². The summed E-state index contributed by atoms with van der Waals surface area (Å²) < 4.78 is 5.46. The van der Waals surface area contributed by atoms with Gasteiger partial charge in [0.15, 0.2) is 0 Å². The molecule has 1 aromatic rings. The smallest absolute Gasteiger partial charge is 0.120 e. The van der Waals surface area contributed by atoms with E-state index < -0.39 is 0 Å². The summed E-state index contributed by atoms with van der Waals surface area (Å²) in [6.07, 6.45) is 4.01. The van der Waals surface area contributed by atoms with Crippen LogP contribution in [0.3, 0.4) is 0 Å². The first-order valence-electron chi connectivity index (χ1n) is 7.88. The molecule has 1 aliphatic rings. The van der Waals surface area contributed by atoms with Gasteiger partial charge in [-0.2, -0.15) is 0 Å². The molecule has 3 N–H and O–H groups in total. The van der Waals surface area contributed by atoms with E-state index in [4.69, 9.17) is 4.74 Å². The lowest BCUT2D eigenvalue weighted by Gasteiger charge is -2.38. The second-order valence-corrected chi connectivity index (χ2v) is 6.24. The SMILES string of the molecule is CCOc1ccc(O)c(CNCC2(C)CCCCC2O)c1. The topological polar surface area (TPSA) is 61.7 Å². The number of phenols is 1. The van der Waals surface area contributed by atoms with Crippen molar-refractivity contribution in [2.45, 2.75) is 52.2 Å². The lowest BCUT2D eigenvalue weighted by molar-refractivity contribution is 0.00113. The Balaban J connectivity index is 1.92. The third kappa shape index (κ3) is 4.11. The number of benzene rings is 1. The number of rotatable bonds is 6. The maximum absolute atomic E-state index is 10.2. The van der Waals surface area contributed by atoms with E-state index in [1.165, 1.54) is 6.42 Å². The van der Waals surface area contributed by atoms with Gasteiger partial charge in [0, 0.05) is 24.1 Å². The molecule has 0 heterocycles. The van der Waals surface area contributed by atoms with Crippen LogP contribution < -0.4 is 10.1 Å². The van der Waals surface area contributed by atoms with E-state index in [2.05, 4.69) is 12.2 Å². The summed E-state index contributed by atoms with van der Waals surface area (Å²) in [6, 6.07) is 5.30. The van der Waals surface area contributed by atoms with Crippen LogP contribution in [0.25, 0.3) is 0 Å². The summed E-state index contributed by atoms with van der Waals surface area (Å²) in [6.45, 7) is 6.03. The van der Waals surface area contributed by atoms with Crippen LogP contribution in [-0.2, 0) is 6.54 Å². The second kappa shape index (κ2) is 7.14. The van der Waals surface area contributed by atoms with Crippen LogP contribution in [-0.4, -0.2) is 29.5 Å². The van der Waals surface area contributed by atoms with Crippen molar-refractivity contribution in [3.63, 3.8) is 0 Å². The van der Waals surface area contributed by atoms with E-state index in [0.29, 0.717) is 13.2 Å². The van der Waals surface area contributed by atoms with Crippen LogP contribution in [0.4, 0.5) is 0 Å². The summed E-state index contributed by atoms with van der Waals surface area (Å²) in [7, 11) is 0. The molecule has 2 atom stereocenters. The third-order valence-electron chi connectivity index (χ3n) is 4.49. The minimum atomic E-state index is -0.234. The fraction of sp³-hybridized carbons (Fsp3) is 0.647. The normalized spacial score (nSPS) is 25.8. The molecule has 118 valence electrons. The average Bonchev–Trinajstić information content (AvgIpc) is 2.46. The van der Waals surface area contributed by atoms with Gasteiger partial charge in [0.25, 0.3) is 0 Å². The number of hydrogen-bond acceptors (Lipinski definition) is 4. The molecular weight excluding hydrogens is 266 g/mol. The van der Waals surface area contributed by atoms with Crippen molar-refractivity contribution in [2.24, 2.45) is 5.41 Å². The van der Waals surface area contributed by atoms with Gasteiger partial charge in [-0.05, 0) is 38.0 Å². The summed E-state index contributed by atoms with van der Waals surface area (Å²) in [5.41, 5.74) is 0.764. The monoisotopic (exact) mass is 293 g/mol. The van der Waals surface area contributed by atoms with E-state index in [1.807, 2.05) is 13.0 Å². The third-order valence-corrected chi connectivity index (χ3v) is 4.49. The predicted molar refractivity (Wildman–Crippen MR) is 83.6 cm³/mol. The summed E-state index contributed by atoms with van der Waals surface area (Å²) >= 11 is 0. The van der Waals surface area contributed by atoms with Crippen LogP contribution >= 0.6 is 0 Å². The van der Waals surface area contributed by atoms with Gasteiger partial charge in [-0.15, -0.1) is 0 Å². The molecule has 0 radical (unpaired) electrons. The first-order valence-corrected chi connectivity index (χ1v) is 7.88. The van der Waals surface area contributed by atoms with Crippen LogP contribution in [0.1, 0.15) is 45.1 Å². The Morgan fingerprint density at radius 2 is 2.19 bits per heavy atom. The van der Waals surface area contributed by atoms with Gasteiger partial charge in [0.2, 0.25) is 0 Å². The Bertz CT molecular complexity index is 463. The minimum Gasteiger partial charge on any atom is -0.508 e. The molecule has 0 amide bonds. The lowest BCUT2D eigenvalue weighted by Crippen LogP contribution is -2.43. The predicted octanol–water partition coefficient (Wildman–Crippen LogP) is 2.82. The number of ether oxygens (including phenoxy) is 1. The molecule has 4 heteroatoms. The highest BCUT2D eigenvalue weighted by Gasteiger charge is 2.34. The number of hydrogen-bond donors (Lipinski definition) is 3. The molecular formula is C17H27NO3. The fourth-order valence-electron chi connectivity index (χ4n) is 3.03. The highest BCUT2D eigenvalue weighted by atomic mass is 16.5. The van der Waals surface area contributed by atoms with Crippen molar-refractivity contribution < 1.29 is 14.9 Å². The molecule has 1 fully saturated rings. The molecule has 2 unspecified atom stereocenters. The molecule has 0 saturated heterocycles. The Hall–Kier alpha value is -1.26. The van der Waals surface area contributed by atoms with Gasteiger partial charge in [-0.25, -0.2) is 0 Å². The zero-order chi connectivity index (χ0) is 15.3. The summed E-state index contributed by atoms with van der Waals surface area (Å²) in [5.74, 6) is 1.05. The highest BCUT2D eigenvalue weighted by molar-refractivity contribution is 5.39. The first kappa shape index (κ1) is 16.1. The molecule has 0 spiro atoms. The van der Waals surface area contributed by atoms with Gasteiger partial charge in [-0.3, -0.25) is 0 Å². The Kier molecular flexibility index (Phi) is 5.48. The van der Waals surface area contributed by atoms with Crippen LogP contribution in [0, 0.1) is 5.41 Å². The quantitative estimate of drug-likeness (QED) is 0.755. The summed E-state index contributed by atoms with van der Waals surface area (Å²) in [5, 5.41) is 23.5. The van der Waals surface area contributed by atoms with Crippen molar-refractivity contribution in [1.82, 2.24) is 5.32 Å². The zero-order valence-corrected chi connectivity index (χ0v) is 13.1. The zero-order valence-electron chi connectivity index (χ0n) is 13.1. The minimum absolute atomic E-state index is 0.0641. The first-order chi connectivity index (χ1) is 10.0. The number of nitrogens with one attached hydrogen (secondary N) is 1. The highest BCUT2D eigenvalue weighted by Crippen LogP contribution is 2.35. The van der Waals surface area contributed by atoms with Gasteiger partial charge < -0.3 is 20.3 Å². The van der Waals surface area contributed by atoms with E-state index in [9.17, 15) is 10.2 Å². The van der Waals surface area contributed by atoms with Crippen LogP contribution in [0.15, 0.2) is 18.2 Å². The molecule has 2 rings (SSSR count). The van der Waals surface area contributed by atoms with E-state index in [-0.39, 0.29) is 17.3 Å². The van der Waals surface area contributed by atoms with Gasteiger partial charge in [0.1, 0.15) is 11.5 Å². The number of phenolic OH excluding ortho intramolecular Hbond substituents is 1. The van der Waals surface area contributed by atoms with Crippen molar-refractivity contribution in [3.05, 3.63) is 23.8 Å². The Labute approximate surface area is 127 Å². The maximum atomic E-state index is 10.2. The van der Waals surface area contributed by atoms with Crippen molar-refractivity contribution in [2.75, 3.05) is 13.2 Å². The average molecular weight is 293 g/mol.